The third-order valence-electron chi connectivity index (χ3n) is 1.88. The van der Waals surface area contributed by atoms with Gasteiger partial charge in [0.15, 0.2) is 5.78 Å². The Balaban J connectivity index is 0.000000980. The highest BCUT2D eigenvalue weighted by molar-refractivity contribution is 9.10. The highest BCUT2D eigenvalue weighted by Crippen LogP contribution is 2.32. The summed E-state index contributed by atoms with van der Waals surface area (Å²) in [7, 11) is 0. The lowest BCUT2D eigenvalue weighted by Crippen LogP contribution is -2.16. The van der Waals surface area contributed by atoms with Gasteiger partial charge in [-0.2, -0.15) is 0 Å². The first-order chi connectivity index (χ1) is 6.18. The van der Waals surface area contributed by atoms with Crippen LogP contribution in [0.15, 0.2) is 16.6 Å². The minimum absolute atomic E-state index is 0. The molecule has 1 aliphatic heterocycles. The molecule has 1 heterocycles. The summed E-state index contributed by atoms with van der Waals surface area (Å²) in [6, 6.07) is 2.50. The summed E-state index contributed by atoms with van der Waals surface area (Å²) in [5.41, 5.74) is 0.452. The van der Waals surface area contributed by atoms with Gasteiger partial charge >= 0.3 is 0 Å². The van der Waals surface area contributed by atoms with E-state index in [9.17, 15) is 9.18 Å². The summed E-state index contributed by atoms with van der Waals surface area (Å²) in [6.07, 6.45) is 0.358. The molecule has 5 heteroatoms. The monoisotopic (exact) mass is 280 g/mol. The van der Waals surface area contributed by atoms with E-state index in [1.54, 1.807) is 0 Å². The number of benzene rings is 1. The lowest BCUT2D eigenvalue weighted by atomic mass is 10.1. The molecule has 0 bridgehead atoms. The van der Waals surface area contributed by atoms with E-state index in [4.69, 9.17) is 4.74 Å². The van der Waals surface area contributed by atoms with Crippen molar-refractivity contribution in [3.8, 4) is 5.75 Å². The maximum atomic E-state index is 12.9. The molecule has 0 aromatic heterocycles. The molecule has 0 unspecified atom stereocenters. The van der Waals surface area contributed by atoms with Crippen LogP contribution in [0, 0.1) is 5.82 Å². The Morgan fingerprint density at radius 3 is 2.86 bits per heavy atom. The number of hydrogen-bond acceptors (Lipinski definition) is 2. The predicted octanol–water partition coefficient (Wildman–Crippen LogP) is 2.98. The SMILES string of the molecule is Cl.O=C1CCOc2cc(F)cc(Br)c21. The van der Waals surface area contributed by atoms with E-state index >= 15 is 0 Å². The zero-order chi connectivity index (χ0) is 9.42. The van der Waals surface area contributed by atoms with Crippen LogP contribution in [0.2, 0.25) is 0 Å². The van der Waals surface area contributed by atoms with Crippen LogP contribution in [0.1, 0.15) is 16.8 Å². The van der Waals surface area contributed by atoms with Gasteiger partial charge in [-0.1, -0.05) is 0 Å². The van der Waals surface area contributed by atoms with Crippen molar-refractivity contribution in [2.24, 2.45) is 0 Å². The maximum Gasteiger partial charge on any atom is 0.171 e. The van der Waals surface area contributed by atoms with Gasteiger partial charge in [0, 0.05) is 17.0 Å². The minimum atomic E-state index is -0.402. The van der Waals surface area contributed by atoms with E-state index in [0.29, 0.717) is 28.8 Å². The standard InChI is InChI=1S/C9H6BrFO2.ClH/c10-6-3-5(11)4-8-9(6)7(12)1-2-13-8;/h3-4H,1-2H2;1H. The molecule has 1 aromatic rings. The van der Waals surface area contributed by atoms with Gasteiger partial charge in [0.25, 0.3) is 0 Å². The summed E-state index contributed by atoms with van der Waals surface area (Å²) in [5, 5.41) is 0. The summed E-state index contributed by atoms with van der Waals surface area (Å²) < 4.78 is 18.5. The van der Waals surface area contributed by atoms with Crippen molar-refractivity contribution in [1.82, 2.24) is 0 Å². The molecule has 76 valence electrons. The van der Waals surface area contributed by atoms with Crippen LogP contribution in [0.3, 0.4) is 0 Å². The lowest BCUT2D eigenvalue weighted by Gasteiger charge is -2.17. The van der Waals surface area contributed by atoms with Crippen molar-refractivity contribution in [2.75, 3.05) is 6.61 Å². The van der Waals surface area contributed by atoms with Crippen molar-refractivity contribution in [3.63, 3.8) is 0 Å². The molecule has 2 nitrogen and oxygen atoms in total. The van der Waals surface area contributed by atoms with Gasteiger partial charge < -0.3 is 4.74 Å². The molecule has 0 saturated carbocycles. The molecule has 0 fully saturated rings. The molecule has 1 aromatic carbocycles. The van der Waals surface area contributed by atoms with Gasteiger partial charge in [-0.15, -0.1) is 12.4 Å². The molecule has 0 aliphatic carbocycles. The number of fused-ring (bicyclic) bond motifs is 1. The topological polar surface area (TPSA) is 26.3 Å². The molecule has 0 N–H and O–H groups in total. The van der Waals surface area contributed by atoms with Crippen LogP contribution in [0.4, 0.5) is 4.39 Å². The molecule has 0 amide bonds. The smallest absolute Gasteiger partial charge is 0.171 e. The largest absolute Gasteiger partial charge is 0.492 e. The number of halogens is 3. The number of ketones is 1. The third kappa shape index (κ3) is 1.91. The van der Waals surface area contributed by atoms with Gasteiger partial charge in [0.2, 0.25) is 0 Å². The van der Waals surface area contributed by atoms with Gasteiger partial charge in [0.1, 0.15) is 11.6 Å². The molecule has 0 atom stereocenters. The first kappa shape index (κ1) is 11.5. The molecule has 0 saturated heterocycles. The molecule has 0 radical (unpaired) electrons. The number of Topliss-reactive ketones (excluding diaryl/α,β-unsaturated/α-hetero) is 1. The van der Waals surface area contributed by atoms with Crippen molar-refractivity contribution >= 4 is 34.1 Å². The normalized spacial score (nSPS) is 14.0. The van der Waals surface area contributed by atoms with Crippen molar-refractivity contribution < 1.29 is 13.9 Å². The molecule has 2 rings (SSSR count). The van der Waals surface area contributed by atoms with E-state index < -0.39 is 5.82 Å². The first-order valence-electron chi connectivity index (χ1n) is 3.83. The van der Waals surface area contributed by atoms with Gasteiger partial charge in [0.05, 0.1) is 12.2 Å². The highest BCUT2D eigenvalue weighted by atomic mass is 79.9. The third-order valence-corrected chi connectivity index (χ3v) is 2.51. The molecule has 14 heavy (non-hydrogen) atoms. The fourth-order valence-electron chi connectivity index (χ4n) is 1.31. The summed E-state index contributed by atoms with van der Waals surface area (Å²) in [6.45, 7) is 0.335. The van der Waals surface area contributed by atoms with E-state index in [0.717, 1.165) is 0 Å². The second kappa shape index (κ2) is 4.28. The van der Waals surface area contributed by atoms with Crippen LogP contribution in [-0.2, 0) is 0 Å². The van der Waals surface area contributed by atoms with Crippen LogP contribution in [0.5, 0.6) is 5.75 Å². The number of carbonyl (C=O) groups is 1. The lowest BCUT2D eigenvalue weighted by molar-refractivity contribution is 0.0932. The van der Waals surface area contributed by atoms with Crippen molar-refractivity contribution in [1.29, 1.82) is 0 Å². The Bertz CT molecular complexity index is 381. The molecule has 0 spiro atoms. The summed E-state index contributed by atoms with van der Waals surface area (Å²) in [5.74, 6) is -0.0726. The maximum absolute atomic E-state index is 12.9. The van der Waals surface area contributed by atoms with Gasteiger partial charge in [-0.05, 0) is 22.0 Å². The van der Waals surface area contributed by atoms with Crippen molar-refractivity contribution in [2.45, 2.75) is 6.42 Å². The Kier molecular flexibility index (Phi) is 3.50. The average molecular weight is 282 g/mol. The number of ether oxygens (including phenoxy) is 1. The zero-order valence-corrected chi connectivity index (χ0v) is 9.45. The fourth-order valence-corrected chi connectivity index (χ4v) is 1.95. The average Bonchev–Trinajstić information content (AvgIpc) is 2.02. The Labute approximate surface area is 95.0 Å². The molecular weight excluding hydrogens is 274 g/mol. The Morgan fingerprint density at radius 1 is 1.43 bits per heavy atom. The minimum Gasteiger partial charge on any atom is -0.492 e. The second-order valence-corrected chi connectivity index (χ2v) is 3.64. The van der Waals surface area contributed by atoms with Gasteiger partial charge in [-0.25, -0.2) is 4.39 Å². The van der Waals surface area contributed by atoms with E-state index in [-0.39, 0.29) is 18.2 Å². The number of carbonyl (C=O) groups excluding carboxylic acids is 1. The summed E-state index contributed by atoms with van der Waals surface area (Å²) in [4.78, 5) is 11.4. The van der Waals surface area contributed by atoms with Crippen LogP contribution in [-0.4, -0.2) is 12.4 Å². The van der Waals surface area contributed by atoms with Crippen LogP contribution >= 0.6 is 28.3 Å². The van der Waals surface area contributed by atoms with Gasteiger partial charge in [-0.3, -0.25) is 4.79 Å². The van der Waals surface area contributed by atoms with Crippen LogP contribution < -0.4 is 4.74 Å². The Morgan fingerprint density at radius 2 is 2.14 bits per heavy atom. The predicted molar refractivity (Wildman–Crippen MR) is 55.8 cm³/mol. The van der Waals surface area contributed by atoms with E-state index in [1.165, 1.54) is 12.1 Å². The fraction of sp³-hybridized carbons (Fsp3) is 0.222. The molecule has 1 aliphatic rings. The van der Waals surface area contributed by atoms with E-state index in [1.807, 2.05) is 0 Å². The Hall–Kier alpha value is -0.610. The summed E-state index contributed by atoms with van der Waals surface area (Å²) >= 11 is 3.13. The number of rotatable bonds is 0. The number of hydrogen-bond donors (Lipinski definition) is 0. The quantitative estimate of drug-likeness (QED) is 0.731. The first-order valence-corrected chi connectivity index (χ1v) is 4.63. The highest BCUT2D eigenvalue weighted by Gasteiger charge is 2.22. The zero-order valence-electron chi connectivity index (χ0n) is 7.05. The second-order valence-electron chi connectivity index (χ2n) is 2.78. The van der Waals surface area contributed by atoms with Crippen LogP contribution in [0.25, 0.3) is 0 Å². The van der Waals surface area contributed by atoms with Crippen molar-refractivity contribution in [3.05, 3.63) is 28.0 Å². The van der Waals surface area contributed by atoms with E-state index in [2.05, 4.69) is 15.9 Å². The molecular formula is C9H7BrClFO2.